The molecule has 0 spiro atoms. The highest BCUT2D eigenvalue weighted by molar-refractivity contribution is 7.90. The van der Waals surface area contributed by atoms with Gasteiger partial charge in [0, 0.05) is 13.1 Å². The van der Waals surface area contributed by atoms with Gasteiger partial charge in [-0.15, -0.1) is 0 Å². The van der Waals surface area contributed by atoms with Gasteiger partial charge in [-0.05, 0) is 19.4 Å². The lowest BCUT2D eigenvalue weighted by molar-refractivity contribution is 0.568. The largest absolute Gasteiger partial charge is 0.329 e. The first kappa shape index (κ1) is 13.2. The van der Waals surface area contributed by atoms with E-state index in [1.165, 1.54) is 0 Å². The van der Waals surface area contributed by atoms with Gasteiger partial charge < -0.3 is 5.73 Å². The van der Waals surface area contributed by atoms with E-state index in [2.05, 4.69) is 4.72 Å². The zero-order chi connectivity index (χ0) is 12.2. The summed E-state index contributed by atoms with van der Waals surface area (Å²) >= 11 is 0. The predicted molar refractivity (Wildman–Crippen MR) is 65.5 cm³/mol. The molecule has 0 fully saturated rings. The molecule has 16 heavy (non-hydrogen) atoms. The monoisotopic (exact) mass is 242 g/mol. The van der Waals surface area contributed by atoms with Gasteiger partial charge in [-0.2, -0.15) is 0 Å². The number of rotatable bonds is 5. The molecule has 0 aliphatic carbocycles. The second-order valence-electron chi connectivity index (χ2n) is 3.90. The minimum Gasteiger partial charge on any atom is -0.329 e. The first-order valence-corrected chi connectivity index (χ1v) is 6.74. The average Bonchev–Trinajstić information content (AvgIpc) is 2.25. The van der Waals surface area contributed by atoms with Crippen molar-refractivity contribution in [1.29, 1.82) is 0 Å². The molecule has 0 amide bonds. The summed E-state index contributed by atoms with van der Waals surface area (Å²) in [5.74, 6) is 0. The Morgan fingerprint density at radius 3 is 2.69 bits per heavy atom. The smallest absolute Gasteiger partial charge is 0.215 e. The van der Waals surface area contributed by atoms with Crippen LogP contribution in [0.1, 0.15) is 18.1 Å². The second-order valence-corrected chi connectivity index (χ2v) is 6.08. The zero-order valence-electron chi connectivity index (χ0n) is 9.60. The van der Waals surface area contributed by atoms with Gasteiger partial charge in [0.2, 0.25) is 10.0 Å². The normalized spacial score (nSPS) is 13.7. The fourth-order valence-electron chi connectivity index (χ4n) is 1.27. The van der Waals surface area contributed by atoms with Gasteiger partial charge in [0.15, 0.2) is 0 Å². The van der Waals surface area contributed by atoms with Crippen LogP contribution >= 0.6 is 0 Å². The third-order valence-electron chi connectivity index (χ3n) is 2.42. The zero-order valence-corrected chi connectivity index (χ0v) is 10.4. The molecule has 0 aliphatic heterocycles. The van der Waals surface area contributed by atoms with Crippen molar-refractivity contribution >= 4 is 10.0 Å². The molecule has 0 saturated carbocycles. The van der Waals surface area contributed by atoms with Crippen LogP contribution in [-0.2, 0) is 16.6 Å². The minimum absolute atomic E-state index is 0.128. The number of nitrogens with two attached hydrogens (primary N) is 1. The van der Waals surface area contributed by atoms with Crippen LogP contribution in [-0.4, -0.2) is 20.2 Å². The highest BCUT2D eigenvalue weighted by atomic mass is 32.2. The van der Waals surface area contributed by atoms with Crippen LogP contribution in [0.4, 0.5) is 0 Å². The lowest BCUT2D eigenvalue weighted by atomic mass is 10.1. The molecular weight excluding hydrogens is 224 g/mol. The number of benzene rings is 1. The quantitative estimate of drug-likeness (QED) is 0.800. The SMILES string of the molecule is Cc1cccc(CNS(=O)(=O)C(C)CN)c1. The van der Waals surface area contributed by atoms with E-state index in [1.54, 1.807) is 6.92 Å². The first-order valence-electron chi connectivity index (χ1n) is 5.20. The summed E-state index contributed by atoms with van der Waals surface area (Å²) in [6, 6.07) is 7.73. The van der Waals surface area contributed by atoms with Crippen LogP contribution in [0.25, 0.3) is 0 Å². The molecule has 3 N–H and O–H groups in total. The van der Waals surface area contributed by atoms with E-state index in [1.807, 2.05) is 31.2 Å². The van der Waals surface area contributed by atoms with Crippen LogP contribution in [0.5, 0.6) is 0 Å². The van der Waals surface area contributed by atoms with Crippen LogP contribution in [0, 0.1) is 6.92 Å². The molecule has 90 valence electrons. The highest BCUT2D eigenvalue weighted by Gasteiger charge is 2.18. The van der Waals surface area contributed by atoms with Crippen molar-refractivity contribution in [2.45, 2.75) is 25.6 Å². The van der Waals surface area contributed by atoms with Crippen molar-refractivity contribution in [3.8, 4) is 0 Å². The molecule has 0 saturated heterocycles. The van der Waals surface area contributed by atoms with Crippen molar-refractivity contribution in [2.24, 2.45) is 5.73 Å². The summed E-state index contributed by atoms with van der Waals surface area (Å²) in [6.07, 6.45) is 0. The number of nitrogens with one attached hydrogen (secondary N) is 1. The van der Waals surface area contributed by atoms with Crippen molar-refractivity contribution in [1.82, 2.24) is 4.72 Å². The Morgan fingerprint density at radius 2 is 2.12 bits per heavy atom. The number of hydrogen-bond acceptors (Lipinski definition) is 3. The van der Waals surface area contributed by atoms with E-state index in [0.29, 0.717) is 6.54 Å². The molecule has 0 bridgehead atoms. The molecular formula is C11H18N2O2S. The minimum atomic E-state index is -3.30. The summed E-state index contributed by atoms with van der Waals surface area (Å²) in [5, 5.41) is -0.558. The molecule has 0 aliphatic rings. The Kier molecular flexibility index (Phi) is 4.46. The van der Waals surface area contributed by atoms with E-state index < -0.39 is 15.3 Å². The standard InChI is InChI=1S/C11H18N2O2S/c1-9-4-3-5-11(6-9)8-13-16(14,15)10(2)7-12/h3-6,10,13H,7-8,12H2,1-2H3. The molecule has 1 unspecified atom stereocenters. The maximum absolute atomic E-state index is 11.6. The van der Waals surface area contributed by atoms with Crippen LogP contribution < -0.4 is 10.5 Å². The van der Waals surface area contributed by atoms with Crippen molar-refractivity contribution in [2.75, 3.05) is 6.54 Å². The maximum atomic E-state index is 11.6. The summed E-state index contributed by atoms with van der Waals surface area (Å²) in [4.78, 5) is 0. The third kappa shape index (κ3) is 3.59. The van der Waals surface area contributed by atoms with Gasteiger partial charge in [-0.1, -0.05) is 29.8 Å². The predicted octanol–water partition coefficient (Wildman–Crippen LogP) is 0.762. The molecule has 1 aromatic carbocycles. The highest BCUT2D eigenvalue weighted by Crippen LogP contribution is 2.05. The average molecular weight is 242 g/mol. The van der Waals surface area contributed by atoms with Crippen molar-refractivity contribution < 1.29 is 8.42 Å². The summed E-state index contributed by atoms with van der Waals surface area (Å²) in [7, 11) is -3.30. The maximum Gasteiger partial charge on any atom is 0.215 e. The van der Waals surface area contributed by atoms with Gasteiger partial charge >= 0.3 is 0 Å². The lowest BCUT2D eigenvalue weighted by Gasteiger charge is -2.11. The van der Waals surface area contributed by atoms with Gasteiger partial charge in [-0.3, -0.25) is 0 Å². The topological polar surface area (TPSA) is 72.2 Å². The van der Waals surface area contributed by atoms with Crippen LogP contribution in [0.3, 0.4) is 0 Å². The molecule has 0 heterocycles. The third-order valence-corrected chi connectivity index (χ3v) is 4.22. The van der Waals surface area contributed by atoms with Crippen LogP contribution in [0.2, 0.25) is 0 Å². The van der Waals surface area contributed by atoms with E-state index in [0.717, 1.165) is 11.1 Å². The van der Waals surface area contributed by atoms with Gasteiger partial charge in [0.25, 0.3) is 0 Å². The summed E-state index contributed by atoms with van der Waals surface area (Å²) in [6.45, 7) is 4.01. The molecule has 5 heteroatoms. The molecule has 4 nitrogen and oxygen atoms in total. The van der Waals surface area contributed by atoms with Crippen molar-refractivity contribution in [3.63, 3.8) is 0 Å². The molecule has 1 aromatic rings. The number of hydrogen-bond donors (Lipinski definition) is 2. The number of aryl methyl sites for hydroxylation is 1. The van der Waals surface area contributed by atoms with Gasteiger partial charge in [0.1, 0.15) is 0 Å². The number of sulfonamides is 1. The Balaban J connectivity index is 2.65. The van der Waals surface area contributed by atoms with Gasteiger partial charge in [-0.25, -0.2) is 13.1 Å². The Morgan fingerprint density at radius 1 is 1.44 bits per heavy atom. The first-order chi connectivity index (χ1) is 7.45. The molecule has 0 radical (unpaired) electrons. The second kappa shape index (κ2) is 5.43. The molecule has 0 aromatic heterocycles. The molecule has 1 atom stereocenters. The molecule has 1 rings (SSSR count). The van der Waals surface area contributed by atoms with Gasteiger partial charge in [0.05, 0.1) is 5.25 Å². The van der Waals surface area contributed by atoms with Crippen LogP contribution in [0.15, 0.2) is 24.3 Å². The summed E-state index contributed by atoms with van der Waals surface area (Å²) < 4.78 is 25.8. The fraction of sp³-hybridized carbons (Fsp3) is 0.455. The van der Waals surface area contributed by atoms with E-state index in [4.69, 9.17) is 5.73 Å². The van der Waals surface area contributed by atoms with Crippen molar-refractivity contribution in [3.05, 3.63) is 35.4 Å². The fourth-order valence-corrected chi connectivity index (χ4v) is 2.18. The van der Waals surface area contributed by atoms with E-state index >= 15 is 0 Å². The Labute approximate surface area is 96.9 Å². The Hall–Kier alpha value is -0.910. The summed E-state index contributed by atoms with van der Waals surface area (Å²) in [5.41, 5.74) is 7.40. The van der Waals surface area contributed by atoms with E-state index in [9.17, 15) is 8.42 Å². The Bertz CT molecular complexity index is 443. The van der Waals surface area contributed by atoms with E-state index in [-0.39, 0.29) is 6.54 Å². The lowest BCUT2D eigenvalue weighted by Crippen LogP contribution is -2.36.